The number of rotatable bonds is 7. The molecule has 2 amide bonds. The topological polar surface area (TPSA) is 86.8 Å². The first-order chi connectivity index (χ1) is 13.1. The van der Waals surface area contributed by atoms with Gasteiger partial charge in [-0.15, -0.1) is 0 Å². The normalized spacial score (nSPS) is 15.6. The van der Waals surface area contributed by atoms with Gasteiger partial charge in [0.05, 0.1) is 31.0 Å². The Hall–Kier alpha value is -3.27. The number of carbonyl (C=O) groups is 2. The van der Waals surface area contributed by atoms with E-state index in [1.54, 1.807) is 41.2 Å². The van der Waals surface area contributed by atoms with Gasteiger partial charge in [-0.2, -0.15) is 5.26 Å². The van der Waals surface area contributed by atoms with Crippen LogP contribution < -0.4 is 9.64 Å². The monoisotopic (exact) mass is 367 g/mol. The zero-order valence-corrected chi connectivity index (χ0v) is 15.1. The van der Waals surface area contributed by atoms with Gasteiger partial charge in [-0.05, 0) is 31.2 Å². The van der Waals surface area contributed by atoms with E-state index < -0.39 is 6.10 Å². The average Bonchev–Trinajstić information content (AvgIpc) is 3.18. The SMILES string of the molecule is CC1Oc2ccccc2N(CCC(=O)N(CCC#N)Cc2ccco2)C1=O. The number of hydrogen-bond donors (Lipinski definition) is 0. The van der Waals surface area contributed by atoms with Crippen molar-refractivity contribution in [3.8, 4) is 11.8 Å². The molecule has 2 aromatic rings. The van der Waals surface area contributed by atoms with Crippen LogP contribution in [-0.4, -0.2) is 35.9 Å². The lowest BCUT2D eigenvalue weighted by atomic mass is 10.1. The van der Waals surface area contributed by atoms with Crippen LogP contribution in [0, 0.1) is 11.3 Å². The predicted molar refractivity (Wildman–Crippen MR) is 97.9 cm³/mol. The lowest BCUT2D eigenvalue weighted by molar-refractivity contribution is -0.132. The second-order valence-electron chi connectivity index (χ2n) is 6.27. The molecule has 1 unspecified atom stereocenters. The molecule has 0 aliphatic carbocycles. The number of ether oxygens (including phenoxy) is 1. The number of carbonyl (C=O) groups excluding carboxylic acids is 2. The number of para-hydroxylation sites is 2. The minimum absolute atomic E-state index is 0.133. The van der Waals surface area contributed by atoms with E-state index >= 15 is 0 Å². The van der Waals surface area contributed by atoms with Gasteiger partial charge >= 0.3 is 0 Å². The summed E-state index contributed by atoms with van der Waals surface area (Å²) in [6.45, 7) is 2.57. The summed E-state index contributed by atoms with van der Waals surface area (Å²) in [6.07, 6.45) is 1.35. The molecule has 1 aromatic carbocycles. The third-order valence-corrected chi connectivity index (χ3v) is 4.40. The summed E-state index contributed by atoms with van der Waals surface area (Å²) >= 11 is 0. The number of anilines is 1. The second-order valence-corrected chi connectivity index (χ2v) is 6.27. The van der Waals surface area contributed by atoms with Gasteiger partial charge in [-0.25, -0.2) is 0 Å². The molecule has 27 heavy (non-hydrogen) atoms. The van der Waals surface area contributed by atoms with Crippen LogP contribution in [0.15, 0.2) is 47.1 Å². The number of hydrogen-bond acceptors (Lipinski definition) is 5. The van der Waals surface area contributed by atoms with Crippen LogP contribution in [0.1, 0.15) is 25.5 Å². The van der Waals surface area contributed by atoms with Crippen molar-refractivity contribution in [1.29, 1.82) is 5.26 Å². The first-order valence-corrected chi connectivity index (χ1v) is 8.84. The minimum Gasteiger partial charge on any atom is -0.479 e. The van der Waals surface area contributed by atoms with Crippen molar-refractivity contribution in [3.05, 3.63) is 48.4 Å². The highest BCUT2D eigenvalue weighted by molar-refractivity contribution is 6.00. The van der Waals surface area contributed by atoms with Gasteiger partial charge in [0.15, 0.2) is 6.10 Å². The molecular formula is C20H21N3O4. The van der Waals surface area contributed by atoms with Crippen molar-refractivity contribution in [2.24, 2.45) is 0 Å². The van der Waals surface area contributed by atoms with Crippen LogP contribution in [0.25, 0.3) is 0 Å². The highest BCUT2D eigenvalue weighted by Gasteiger charge is 2.31. The molecule has 0 saturated carbocycles. The van der Waals surface area contributed by atoms with Crippen molar-refractivity contribution in [1.82, 2.24) is 4.90 Å². The summed E-state index contributed by atoms with van der Waals surface area (Å²) in [7, 11) is 0. The van der Waals surface area contributed by atoms with Gasteiger partial charge in [-0.3, -0.25) is 9.59 Å². The van der Waals surface area contributed by atoms with E-state index in [-0.39, 0.29) is 31.2 Å². The summed E-state index contributed by atoms with van der Waals surface area (Å²) in [5, 5.41) is 8.85. The summed E-state index contributed by atoms with van der Waals surface area (Å²) in [6, 6.07) is 12.9. The molecule has 0 spiro atoms. The number of nitriles is 1. The Balaban J connectivity index is 1.69. The van der Waals surface area contributed by atoms with Crippen molar-refractivity contribution in [2.45, 2.75) is 32.4 Å². The van der Waals surface area contributed by atoms with E-state index in [4.69, 9.17) is 14.4 Å². The fourth-order valence-electron chi connectivity index (χ4n) is 3.02. The number of benzene rings is 1. The Morgan fingerprint density at radius 3 is 2.85 bits per heavy atom. The first-order valence-electron chi connectivity index (χ1n) is 8.84. The van der Waals surface area contributed by atoms with Crippen molar-refractivity contribution < 1.29 is 18.7 Å². The molecule has 0 N–H and O–H groups in total. The second kappa shape index (κ2) is 8.41. The molecule has 1 aliphatic heterocycles. The summed E-state index contributed by atoms with van der Waals surface area (Å²) < 4.78 is 10.9. The van der Waals surface area contributed by atoms with Crippen LogP contribution >= 0.6 is 0 Å². The quantitative estimate of drug-likeness (QED) is 0.751. The number of fused-ring (bicyclic) bond motifs is 1. The number of nitrogens with zero attached hydrogens (tertiary/aromatic N) is 3. The third-order valence-electron chi connectivity index (χ3n) is 4.40. The predicted octanol–water partition coefficient (Wildman–Crippen LogP) is 2.73. The van der Waals surface area contributed by atoms with Gasteiger partial charge in [0.1, 0.15) is 11.5 Å². The van der Waals surface area contributed by atoms with Crippen molar-refractivity contribution in [2.75, 3.05) is 18.0 Å². The molecular weight excluding hydrogens is 346 g/mol. The lowest BCUT2D eigenvalue weighted by Gasteiger charge is -2.33. The molecule has 1 aliphatic rings. The smallest absolute Gasteiger partial charge is 0.267 e. The molecule has 1 atom stereocenters. The Bertz CT molecular complexity index is 841. The molecule has 1 aromatic heterocycles. The summed E-state index contributed by atoms with van der Waals surface area (Å²) in [5.41, 5.74) is 0.669. The van der Waals surface area contributed by atoms with Crippen molar-refractivity contribution in [3.63, 3.8) is 0 Å². The van der Waals surface area contributed by atoms with Crippen LogP contribution in [-0.2, 0) is 16.1 Å². The Morgan fingerprint density at radius 2 is 2.11 bits per heavy atom. The Labute approximate surface area is 157 Å². The standard InChI is InChI=1S/C20H21N3O4/c1-15-20(25)23(17-7-2-3-8-18(17)27-15)12-9-19(24)22(11-5-10-21)14-16-6-4-13-26-16/h2-4,6-8,13,15H,5,9,11-12,14H2,1H3. The maximum atomic E-state index is 12.7. The molecule has 0 fully saturated rings. The fraction of sp³-hybridized carbons (Fsp3) is 0.350. The number of amides is 2. The molecule has 0 bridgehead atoms. The summed E-state index contributed by atoms with van der Waals surface area (Å²) in [4.78, 5) is 28.4. The minimum atomic E-state index is -0.590. The maximum Gasteiger partial charge on any atom is 0.267 e. The summed E-state index contributed by atoms with van der Waals surface area (Å²) in [5.74, 6) is 0.985. The van der Waals surface area contributed by atoms with E-state index in [0.717, 1.165) is 0 Å². The molecule has 7 nitrogen and oxygen atoms in total. The van der Waals surface area contributed by atoms with Gasteiger partial charge < -0.3 is 19.0 Å². The average molecular weight is 367 g/mol. The fourth-order valence-corrected chi connectivity index (χ4v) is 3.02. The molecule has 2 heterocycles. The third kappa shape index (κ3) is 4.29. The van der Waals surface area contributed by atoms with Crippen LogP contribution in [0.4, 0.5) is 5.69 Å². The zero-order chi connectivity index (χ0) is 19.2. The van der Waals surface area contributed by atoms with Gasteiger partial charge in [-0.1, -0.05) is 12.1 Å². The van der Waals surface area contributed by atoms with Crippen molar-refractivity contribution >= 4 is 17.5 Å². The molecule has 140 valence electrons. The molecule has 0 saturated heterocycles. The number of furan rings is 1. The zero-order valence-electron chi connectivity index (χ0n) is 15.1. The van der Waals surface area contributed by atoms with E-state index in [1.807, 2.05) is 18.2 Å². The molecule has 0 radical (unpaired) electrons. The van der Waals surface area contributed by atoms with Crippen LogP contribution in [0.2, 0.25) is 0 Å². The van der Waals surface area contributed by atoms with E-state index in [9.17, 15) is 9.59 Å². The van der Waals surface area contributed by atoms with Gasteiger partial charge in [0.2, 0.25) is 5.91 Å². The van der Waals surface area contributed by atoms with Gasteiger partial charge in [0, 0.05) is 19.5 Å². The molecule has 7 heteroatoms. The lowest BCUT2D eigenvalue weighted by Crippen LogP contribution is -2.46. The Morgan fingerprint density at radius 1 is 1.30 bits per heavy atom. The first kappa shape index (κ1) is 18.5. The van der Waals surface area contributed by atoms with E-state index in [1.165, 1.54) is 0 Å². The van der Waals surface area contributed by atoms with Gasteiger partial charge in [0.25, 0.3) is 5.91 Å². The largest absolute Gasteiger partial charge is 0.479 e. The van der Waals surface area contributed by atoms with Crippen LogP contribution in [0.5, 0.6) is 5.75 Å². The Kier molecular flexibility index (Phi) is 5.77. The highest BCUT2D eigenvalue weighted by Crippen LogP contribution is 2.33. The molecule has 3 rings (SSSR count). The highest BCUT2D eigenvalue weighted by atomic mass is 16.5. The maximum absolute atomic E-state index is 12.7. The van der Waals surface area contributed by atoms with E-state index in [0.29, 0.717) is 30.3 Å². The van der Waals surface area contributed by atoms with E-state index in [2.05, 4.69) is 6.07 Å². The van der Waals surface area contributed by atoms with Crippen LogP contribution in [0.3, 0.4) is 0 Å².